The number of rotatable bonds is 4. The van der Waals surface area contributed by atoms with Gasteiger partial charge in [-0.15, -0.1) is 0 Å². The number of para-hydroxylation sites is 1. The fourth-order valence-electron chi connectivity index (χ4n) is 2.56. The molecule has 0 saturated carbocycles. The summed E-state index contributed by atoms with van der Waals surface area (Å²) in [6, 6.07) is 13.6. The Morgan fingerprint density at radius 2 is 1.83 bits per heavy atom. The largest absolute Gasteiger partial charge is 0.367 e. The van der Waals surface area contributed by atoms with Crippen molar-refractivity contribution in [3.63, 3.8) is 0 Å². The van der Waals surface area contributed by atoms with Gasteiger partial charge in [-0.2, -0.15) is 0 Å². The Bertz CT molecular complexity index is 660. The molecular weight excluding hydrogens is 330 g/mol. The van der Waals surface area contributed by atoms with E-state index in [1.165, 1.54) is 11.8 Å². The highest BCUT2D eigenvalue weighted by Gasteiger charge is 2.22. The first-order valence-electron chi connectivity index (χ1n) is 7.55. The van der Waals surface area contributed by atoms with Crippen LogP contribution in [0.1, 0.15) is 0 Å². The molecule has 0 atom stereocenters. The molecule has 1 fully saturated rings. The van der Waals surface area contributed by atoms with Crippen LogP contribution in [0.4, 0.5) is 5.69 Å². The van der Waals surface area contributed by atoms with Crippen molar-refractivity contribution in [2.45, 2.75) is 5.03 Å². The van der Waals surface area contributed by atoms with Crippen LogP contribution in [-0.4, -0.2) is 47.7 Å². The lowest BCUT2D eigenvalue weighted by atomic mass is 10.2. The number of hydrogen-bond donors (Lipinski definition) is 0. The maximum absolute atomic E-state index is 12.3. The zero-order valence-electron chi connectivity index (χ0n) is 12.7. The van der Waals surface area contributed by atoms with E-state index in [0.717, 1.165) is 41.9 Å². The number of halogens is 1. The van der Waals surface area contributed by atoms with Crippen molar-refractivity contribution in [2.75, 3.05) is 36.8 Å². The summed E-state index contributed by atoms with van der Waals surface area (Å²) in [6.45, 7) is 3.08. The van der Waals surface area contributed by atoms with Crippen LogP contribution >= 0.6 is 23.4 Å². The molecule has 1 aliphatic heterocycles. The molecule has 0 aliphatic carbocycles. The zero-order chi connectivity index (χ0) is 16.1. The number of nitrogens with zero attached hydrogens (tertiary/aromatic N) is 3. The van der Waals surface area contributed by atoms with Gasteiger partial charge in [0, 0.05) is 32.4 Å². The van der Waals surface area contributed by atoms with Crippen LogP contribution in [0.5, 0.6) is 0 Å². The number of hydrogen-bond acceptors (Lipinski definition) is 4. The number of thioether (sulfide) groups is 1. The molecule has 0 spiro atoms. The van der Waals surface area contributed by atoms with E-state index in [0.29, 0.717) is 5.75 Å². The van der Waals surface area contributed by atoms with Crippen LogP contribution in [0.25, 0.3) is 0 Å². The summed E-state index contributed by atoms with van der Waals surface area (Å²) in [5.41, 5.74) is 1.05. The van der Waals surface area contributed by atoms with Crippen molar-refractivity contribution in [3.05, 3.63) is 53.7 Å². The van der Waals surface area contributed by atoms with Gasteiger partial charge in [0.25, 0.3) is 0 Å². The monoisotopic (exact) mass is 347 g/mol. The van der Waals surface area contributed by atoms with Crippen LogP contribution in [0, 0.1) is 0 Å². The normalized spacial score (nSPS) is 14.8. The van der Waals surface area contributed by atoms with E-state index in [-0.39, 0.29) is 5.91 Å². The topological polar surface area (TPSA) is 36.4 Å². The van der Waals surface area contributed by atoms with Gasteiger partial charge in [0.2, 0.25) is 5.91 Å². The van der Waals surface area contributed by atoms with Gasteiger partial charge in [-0.1, -0.05) is 41.6 Å². The lowest BCUT2D eigenvalue weighted by Gasteiger charge is -2.36. The first kappa shape index (κ1) is 16.1. The third-order valence-corrected chi connectivity index (χ3v) is 5.05. The summed E-state index contributed by atoms with van der Waals surface area (Å²) in [5, 5.41) is 1.65. The number of anilines is 1. The van der Waals surface area contributed by atoms with Gasteiger partial charge in [-0.05, 0) is 24.3 Å². The Kier molecular flexibility index (Phi) is 5.41. The first-order chi connectivity index (χ1) is 11.2. The van der Waals surface area contributed by atoms with E-state index >= 15 is 0 Å². The molecule has 3 rings (SSSR count). The molecule has 2 heterocycles. The number of piperazine rings is 1. The average Bonchev–Trinajstić information content (AvgIpc) is 2.61. The van der Waals surface area contributed by atoms with Crippen LogP contribution < -0.4 is 4.90 Å². The molecule has 0 radical (unpaired) electrons. The summed E-state index contributed by atoms with van der Waals surface area (Å²) in [5.74, 6) is 0.600. The minimum absolute atomic E-state index is 0.166. The van der Waals surface area contributed by atoms with Gasteiger partial charge < -0.3 is 9.80 Å². The molecule has 6 heteroatoms. The third kappa shape index (κ3) is 4.18. The van der Waals surface area contributed by atoms with Gasteiger partial charge in [0.1, 0.15) is 0 Å². The van der Waals surface area contributed by atoms with Crippen molar-refractivity contribution in [1.29, 1.82) is 0 Å². The molecule has 1 aliphatic rings. The molecular formula is C17H18ClN3OS. The molecule has 1 amide bonds. The van der Waals surface area contributed by atoms with E-state index < -0.39 is 0 Å². The van der Waals surface area contributed by atoms with Crippen LogP contribution in [0.2, 0.25) is 5.02 Å². The number of pyridine rings is 1. The van der Waals surface area contributed by atoms with E-state index in [4.69, 9.17) is 11.6 Å². The highest BCUT2D eigenvalue weighted by atomic mass is 35.5. The van der Waals surface area contributed by atoms with Gasteiger partial charge in [-0.25, -0.2) is 4.98 Å². The standard InChI is InChI=1S/C17H18ClN3OS/c18-14-5-1-2-6-15(14)20-9-11-21(12-10-20)17(22)13-23-16-7-3-4-8-19-16/h1-8H,9-13H2. The van der Waals surface area contributed by atoms with Gasteiger partial charge in [0.05, 0.1) is 21.5 Å². The highest BCUT2D eigenvalue weighted by Crippen LogP contribution is 2.26. The number of carbonyl (C=O) groups excluding carboxylic acids is 1. The minimum atomic E-state index is 0.166. The van der Waals surface area contributed by atoms with Crippen molar-refractivity contribution < 1.29 is 4.79 Å². The number of amides is 1. The van der Waals surface area contributed by atoms with Crippen molar-refractivity contribution in [3.8, 4) is 0 Å². The predicted molar refractivity (Wildman–Crippen MR) is 95.2 cm³/mol. The summed E-state index contributed by atoms with van der Waals surface area (Å²) >= 11 is 7.73. The molecule has 0 N–H and O–H groups in total. The van der Waals surface area contributed by atoms with E-state index in [1.807, 2.05) is 47.4 Å². The smallest absolute Gasteiger partial charge is 0.233 e. The minimum Gasteiger partial charge on any atom is -0.367 e. The lowest BCUT2D eigenvalue weighted by Crippen LogP contribution is -2.49. The van der Waals surface area contributed by atoms with Crippen molar-refractivity contribution >= 4 is 35.0 Å². The van der Waals surface area contributed by atoms with Crippen LogP contribution in [-0.2, 0) is 4.79 Å². The molecule has 1 saturated heterocycles. The van der Waals surface area contributed by atoms with Crippen LogP contribution in [0.15, 0.2) is 53.7 Å². The first-order valence-corrected chi connectivity index (χ1v) is 8.91. The van der Waals surface area contributed by atoms with Crippen molar-refractivity contribution in [1.82, 2.24) is 9.88 Å². The maximum atomic E-state index is 12.3. The second kappa shape index (κ2) is 7.70. The van der Waals surface area contributed by atoms with Crippen molar-refractivity contribution in [2.24, 2.45) is 0 Å². The predicted octanol–water partition coefficient (Wildman–Crippen LogP) is 3.18. The highest BCUT2D eigenvalue weighted by molar-refractivity contribution is 7.99. The summed E-state index contributed by atoms with van der Waals surface area (Å²) in [4.78, 5) is 20.7. The van der Waals surface area contributed by atoms with E-state index in [2.05, 4.69) is 9.88 Å². The van der Waals surface area contributed by atoms with Crippen LogP contribution in [0.3, 0.4) is 0 Å². The molecule has 4 nitrogen and oxygen atoms in total. The third-order valence-electron chi connectivity index (χ3n) is 3.81. The quantitative estimate of drug-likeness (QED) is 0.796. The summed E-state index contributed by atoms with van der Waals surface area (Å²) in [6.07, 6.45) is 1.75. The molecule has 1 aromatic heterocycles. The maximum Gasteiger partial charge on any atom is 0.233 e. The van der Waals surface area contributed by atoms with Gasteiger partial charge in [-0.3, -0.25) is 4.79 Å². The van der Waals surface area contributed by atoms with E-state index in [9.17, 15) is 4.79 Å². The van der Waals surface area contributed by atoms with E-state index in [1.54, 1.807) is 6.20 Å². The Balaban J connectivity index is 1.50. The van der Waals surface area contributed by atoms with Gasteiger partial charge in [0.15, 0.2) is 0 Å². The Labute approximate surface area is 145 Å². The SMILES string of the molecule is O=C(CSc1ccccn1)N1CCN(c2ccccc2Cl)CC1. The number of benzene rings is 1. The molecule has 0 unspecified atom stereocenters. The average molecular weight is 348 g/mol. The second-order valence-electron chi connectivity index (χ2n) is 5.28. The van der Waals surface area contributed by atoms with Gasteiger partial charge >= 0.3 is 0 Å². The lowest BCUT2D eigenvalue weighted by molar-refractivity contribution is -0.128. The zero-order valence-corrected chi connectivity index (χ0v) is 14.3. The molecule has 0 bridgehead atoms. The Morgan fingerprint density at radius 1 is 1.09 bits per heavy atom. The molecule has 120 valence electrons. The fraction of sp³-hybridized carbons (Fsp3) is 0.294. The second-order valence-corrected chi connectivity index (χ2v) is 6.68. The molecule has 23 heavy (non-hydrogen) atoms. The fourth-order valence-corrected chi connectivity index (χ4v) is 3.58. The number of aromatic nitrogens is 1. The summed E-state index contributed by atoms with van der Waals surface area (Å²) < 4.78 is 0. The molecule has 1 aromatic carbocycles. The summed E-state index contributed by atoms with van der Waals surface area (Å²) in [7, 11) is 0. The number of carbonyl (C=O) groups is 1. The Morgan fingerprint density at radius 3 is 2.52 bits per heavy atom. The Hall–Kier alpha value is -1.72. The molecule has 2 aromatic rings.